The summed E-state index contributed by atoms with van der Waals surface area (Å²) in [4.78, 5) is 41.5. The highest BCUT2D eigenvalue weighted by molar-refractivity contribution is 6.05. The molecule has 1 amide bonds. The summed E-state index contributed by atoms with van der Waals surface area (Å²) < 4.78 is 44.6. The summed E-state index contributed by atoms with van der Waals surface area (Å²) in [5.74, 6) is -1.45. The fraction of sp³-hybridized carbons (Fsp3) is 0.107. The number of carbonyl (C=O) groups excluding carboxylic acids is 1. The lowest BCUT2D eigenvalue weighted by Gasteiger charge is -2.13. The molecule has 0 aliphatic rings. The Morgan fingerprint density at radius 2 is 1.80 bits per heavy atom. The van der Waals surface area contributed by atoms with Gasteiger partial charge >= 0.3 is 0 Å². The van der Waals surface area contributed by atoms with E-state index in [1.807, 2.05) is 0 Å². The Bertz CT molecular complexity index is 1810. The second-order valence-electron chi connectivity index (χ2n) is 8.47. The second-order valence-corrected chi connectivity index (χ2v) is 8.47. The number of rotatable bonds is 7. The third-order valence-electron chi connectivity index (χ3n) is 5.94. The van der Waals surface area contributed by atoms with Crippen molar-refractivity contribution in [3.63, 3.8) is 0 Å². The highest BCUT2D eigenvalue weighted by Crippen LogP contribution is 2.35. The van der Waals surface area contributed by atoms with Gasteiger partial charge in [0.1, 0.15) is 16.9 Å². The van der Waals surface area contributed by atoms with Crippen LogP contribution in [-0.4, -0.2) is 40.1 Å². The van der Waals surface area contributed by atoms with E-state index in [2.05, 4.69) is 25.3 Å². The average Bonchev–Trinajstić information content (AvgIpc) is 2.94. The maximum absolute atomic E-state index is 15.1. The number of amides is 1. The number of ether oxygens (including phenoxy) is 3. The fourth-order valence-corrected chi connectivity index (χ4v) is 3.98. The first-order valence-corrected chi connectivity index (χ1v) is 11.8. The van der Waals surface area contributed by atoms with Crippen LogP contribution in [0.3, 0.4) is 0 Å². The van der Waals surface area contributed by atoms with Gasteiger partial charge in [-0.15, -0.1) is 0 Å². The predicted molar refractivity (Wildman–Crippen MR) is 142 cm³/mol. The maximum atomic E-state index is 15.1. The molecule has 0 fully saturated rings. The molecule has 12 heteroatoms. The Morgan fingerprint density at radius 3 is 2.50 bits per heavy atom. The van der Waals surface area contributed by atoms with Gasteiger partial charge in [0, 0.05) is 42.0 Å². The number of nitrogens with one attached hydrogen (secondary N) is 2. The van der Waals surface area contributed by atoms with Gasteiger partial charge in [0.25, 0.3) is 11.8 Å². The zero-order valence-corrected chi connectivity index (χ0v) is 21.4. The summed E-state index contributed by atoms with van der Waals surface area (Å²) in [6.45, 7) is 1.55. The highest BCUT2D eigenvalue weighted by Gasteiger charge is 2.20. The second kappa shape index (κ2) is 10.8. The van der Waals surface area contributed by atoms with Gasteiger partial charge in [-0.05, 0) is 31.2 Å². The first kappa shape index (κ1) is 26.2. The molecular formula is C28H21F2N5O5. The number of aromatic nitrogens is 4. The number of carbonyl (C=O) groups is 1. The number of aryl methyl sites for hydroxylation is 1. The van der Waals surface area contributed by atoms with Crippen LogP contribution >= 0.6 is 0 Å². The molecule has 4 aromatic heterocycles. The minimum atomic E-state index is -0.780. The Morgan fingerprint density at radius 1 is 0.975 bits per heavy atom. The molecule has 2 N–H and O–H groups in total. The van der Waals surface area contributed by atoms with Crippen molar-refractivity contribution in [1.29, 1.82) is 0 Å². The number of H-pyrrole nitrogens is 1. The van der Waals surface area contributed by atoms with E-state index in [0.29, 0.717) is 16.8 Å². The van der Waals surface area contributed by atoms with Gasteiger partial charge in [-0.2, -0.15) is 0 Å². The summed E-state index contributed by atoms with van der Waals surface area (Å²) in [5, 5.41) is 2.53. The topological polar surface area (TPSA) is 128 Å². The standard InChI is InChI=1S/C28H21F2N5O5/c1-14-24(26(36)17(13-32-14)19-6-4-15(29)12-33-19)27(37)34-16-5-7-21(18(30)10-16)40-22-8-9-31-20-11-23(38-2)28(39-3)35-25(20)22/h4-13H,1-3H3,(H,32,36)(H,34,37). The molecule has 0 bridgehead atoms. The first-order valence-electron chi connectivity index (χ1n) is 11.8. The predicted octanol–water partition coefficient (Wildman–Crippen LogP) is 5.03. The van der Waals surface area contributed by atoms with Crippen LogP contribution < -0.4 is 25.0 Å². The quantitative estimate of drug-likeness (QED) is 0.292. The van der Waals surface area contributed by atoms with Crippen LogP contribution in [0.25, 0.3) is 22.3 Å². The van der Waals surface area contributed by atoms with Crippen molar-refractivity contribution >= 4 is 22.6 Å². The lowest BCUT2D eigenvalue weighted by molar-refractivity contribution is 0.102. The van der Waals surface area contributed by atoms with Crippen LogP contribution in [0.2, 0.25) is 0 Å². The van der Waals surface area contributed by atoms with Gasteiger partial charge in [-0.25, -0.2) is 13.8 Å². The number of pyridine rings is 4. The Kier molecular flexibility index (Phi) is 7.06. The molecule has 1 aromatic carbocycles. The molecule has 0 radical (unpaired) electrons. The van der Waals surface area contributed by atoms with Crippen molar-refractivity contribution in [1.82, 2.24) is 19.9 Å². The number of hydrogen-bond acceptors (Lipinski definition) is 8. The molecule has 4 heterocycles. The van der Waals surface area contributed by atoms with Crippen LogP contribution in [0, 0.1) is 18.6 Å². The van der Waals surface area contributed by atoms with E-state index in [-0.39, 0.29) is 45.6 Å². The van der Waals surface area contributed by atoms with E-state index >= 15 is 4.39 Å². The molecule has 0 saturated carbocycles. The van der Waals surface area contributed by atoms with Gasteiger partial charge in [0.05, 0.1) is 37.2 Å². The van der Waals surface area contributed by atoms with Crippen molar-refractivity contribution in [3.05, 3.63) is 94.2 Å². The van der Waals surface area contributed by atoms with E-state index < -0.39 is 23.0 Å². The molecule has 0 unspecified atom stereocenters. The zero-order chi connectivity index (χ0) is 28.4. The SMILES string of the molecule is COc1cc2nccc(Oc3ccc(NC(=O)c4c(C)[nH]cc(-c5ccc(F)cn5)c4=O)cc3F)c2nc1OC. The molecule has 0 atom stereocenters. The normalized spacial score (nSPS) is 10.8. The Balaban J connectivity index is 1.40. The van der Waals surface area contributed by atoms with E-state index in [0.717, 1.165) is 18.3 Å². The summed E-state index contributed by atoms with van der Waals surface area (Å²) in [7, 11) is 2.91. The molecular weight excluding hydrogens is 524 g/mol. The van der Waals surface area contributed by atoms with Gasteiger partial charge in [-0.1, -0.05) is 0 Å². The van der Waals surface area contributed by atoms with Crippen molar-refractivity contribution in [2.45, 2.75) is 6.92 Å². The molecule has 5 rings (SSSR count). The van der Waals surface area contributed by atoms with Crippen LogP contribution in [-0.2, 0) is 0 Å². The number of methoxy groups -OCH3 is 2. The summed E-state index contributed by atoms with van der Waals surface area (Å²) >= 11 is 0. The summed E-state index contributed by atoms with van der Waals surface area (Å²) in [6, 6.07) is 9.44. The third-order valence-corrected chi connectivity index (χ3v) is 5.94. The van der Waals surface area contributed by atoms with E-state index in [4.69, 9.17) is 14.2 Å². The van der Waals surface area contributed by atoms with Gasteiger partial charge in [0.15, 0.2) is 23.1 Å². The number of fused-ring (bicyclic) bond motifs is 1. The van der Waals surface area contributed by atoms with Crippen LogP contribution in [0.15, 0.2) is 65.8 Å². The largest absolute Gasteiger partial charge is 0.491 e. The van der Waals surface area contributed by atoms with Crippen LogP contribution in [0.4, 0.5) is 14.5 Å². The van der Waals surface area contributed by atoms with Crippen molar-refractivity contribution in [2.24, 2.45) is 0 Å². The monoisotopic (exact) mass is 545 g/mol. The van der Waals surface area contributed by atoms with E-state index in [1.54, 1.807) is 13.0 Å². The first-order chi connectivity index (χ1) is 19.3. The lowest BCUT2D eigenvalue weighted by Crippen LogP contribution is -2.25. The minimum absolute atomic E-state index is 0.0816. The maximum Gasteiger partial charge on any atom is 0.261 e. The summed E-state index contributed by atoms with van der Waals surface area (Å²) in [6.07, 6.45) is 3.84. The van der Waals surface area contributed by atoms with Gasteiger partial charge in [-0.3, -0.25) is 19.6 Å². The van der Waals surface area contributed by atoms with E-state index in [1.165, 1.54) is 50.9 Å². The number of anilines is 1. The molecule has 0 saturated heterocycles. The van der Waals surface area contributed by atoms with Crippen molar-refractivity contribution in [3.8, 4) is 34.4 Å². The number of hydrogen-bond donors (Lipinski definition) is 2. The minimum Gasteiger partial charge on any atom is -0.491 e. The number of aromatic amines is 1. The van der Waals surface area contributed by atoms with Crippen molar-refractivity contribution < 1.29 is 27.8 Å². The van der Waals surface area contributed by atoms with Crippen LogP contribution in [0.1, 0.15) is 16.1 Å². The van der Waals surface area contributed by atoms with Crippen LogP contribution in [0.5, 0.6) is 23.1 Å². The Hall–Kier alpha value is -5.39. The van der Waals surface area contributed by atoms with Gasteiger partial charge in [0.2, 0.25) is 5.43 Å². The number of nitrogens with zero attached hydrogens (tertiary/aromatic N) is 3. The number of benzene rings is 1. The molecule has 0 aliphatic carbocycles. The fourth-order valence-electron chi connectivity index (χ4n) is 3.98. The zero-order valence-electron chi connectivity index (χ0n) is 21.4. The lowest BCUT2D eigenvalue weighted by atomic mass is 10.1. The average molecular weight is 546 g/mol. The molecule has 0 spiro atoms. The molecule has 0 aliphatic heterocycles. The highest BCUT2D eigenvalue weighted by atomic mass is 19.1. The molecule has 5 aromatic rings. The van der Waals surface area contributed by atoms with Gasteiger partial charge < -0.3 is 24.5 Å². The third kappa shape index (κ3) is 5.01. The Labute approximate surface area is 225 Å². The number of halogens is 2. The summed E-state index contributed by atoms with van der Waals surface area (Å²) in [5.41, 5.74) is 0.610. The van der Waals surface area contributed by atoms with E-state index in [9.17, 15) is 14.0 Å². The molecule has 10 nitrogen and oxygen atoms in total. The van der Waals surface area contributed by atoms with Crippen molar-refractivity contribution in [2.75, 3.05) is 19.5 Å². The molecule has 40 heavy (non-hydrogen) atoms. The molecule has 202 valence electrons. The smallest absolute Gasteiger partial charge is 0.261 e.